The zero-order valence-corrected chi connectivity index (χ0v) is 9.39. The third kappa shape index (κ3) is 1.76. The number of aromatic nitrogens is 1. The molecule has 1 N–H and O–H groups in total. The van der Waals surface area contributed by atoms with Crippen molar-refractivity contribution in [2.75, 3.05) is 0 Å². The van der Waals surface area contributed by atoms with Crippen LogP contribution in [-0.2, 0) is 6.42 Å². The minimum absolute atomic E-state index is 0.118. The van der Waals surface area contributed by atoms with Gasteiger partial charge in [-0.1, -0.05) is 19.9 Å². The monoisotopic (exact) mass is 205 g/mol. The first kappa shape index (κ1) is 10.2. The second kappa shape index (κ2) is 3.69. The number of fused-ring (bicyclic) bond motifs is 1. The molecule has 1 aromatic heterocycles. The van der Waals surface area contributed by atoms with Gasteiger partial charge in [-0.15, -0.1) is 0 Å². The number of rotatable bonds is 2. The van der Waals surface area contributed by atoms with E-state index in [2.05, 4.69) is 18.8 Å². The number of H-pyrrole nitrogens is 1. The topological polar surface area (TPSA) is 15.8 Å². The van der Waals surface area contributed by atoms with E-state index >= 15 is 0 Å². The highest BCUT2D eigenvalue weighted by Gasteiger charge is 2.12. The fourth-order valence-electron chi connectivity index (χ4n) is 2.06. The lowest BCUT2D eigenvalue weighted by Gasteiger charge is -2.05. The van der Waals surface area contributed by atoms with Crippen LogP contribution in [0.3, 0.4) is 0 Å². The zero-order valence-electron chi connectivity index (χ0n) is 9.39. The molecule has 1 aromatic carbocycles. The van der Waals surface area contributed by atoms with E-state index in [9.17, 15) is 4.39 Å². The first-order valence-corrected chi connectivity index (χ1v) is 5.35. The number of halogens is 1. The van der Waals surface area contributed by atoms with Gasteiger partial charge in [0.25, 0.3) is 0 Å². The van der Waals surface area contributed by atoms with Gasteiger partial charge in [-0.05, 0) is 37.0 Å². The summed E-state index contributed by atoms with van der Waals surface area (Å²) in [6.45, 7) is 6.31. The quantitative estimate of drug-likeness (QED) is 0.767. The Kier molecular flexibility index (Phi) is 2.51. The van der Waals surface area contributed by atoms with E-state index in [1.807, 2.05) is 13.0 Å². The Morgan fingerprint density at radius 3 is 2.73 bits per heavy atom. The Balaban J connectivity index is 2.65. The highest BCUT2D eigenvalue weighted by molar-refractivity contribution is 5.85. The first-order valence-electron chi connectivity index (χ1n) is 5.35. The van der Waals surface area contributed by atoms with E-state index in [4.69, 9.17) is 0 Å². The Labute approximate surface area is 89.3 Å². The summed E-state index contributed by atoms with van der Waals surface area (Å²) in [6.07, 6.45) is 0.923. The van der Waals surface area contributed by atoms with Crippen molar-refractivity contribution in [2.24, 2.45) is 5.92 Å². The molecule has 2 rings (SSSR count). The molecule has 0 atom stereocenters. The van der Waals surface area contributed by atoms with Crippen molar-refractivity contribution in [3.05, 3.63) is 35.3 Å². The lowest BCUT2D eigenvalue weighted by atomic mass is 10.00. The van der Waals surface area contributed by atoms with Crippen LogP contribution < -0.4 is 0 Å². The predicted octanol–water partition coefficient (Wildman–Crippen LogP) is 3.81. The molecule has 0 amide bonds. The van der Waals surface area contributed by atoms with Crippen molar-refractivity contribution in [3.8, 4) is 0 Å². The third-order valence-electron chi connectivity index (χ3n) is 2.70. The van der Waals surface area contributed by atoms with E-state index in [0.29, 0.717) is 5.92 Å². The third-order valence-corrected chi connectivity index (χ3v) is 2.70. The molecule has 2 aromatic rings. The van der Waals surface area contributed by atoms with Gasteiger partial charge in [0, 0.05) is 16.6 Å². The molecular weight excluding hydrogens is 189 g/mol. The maximum Gasteiger partial charge on any atom is 0.132 e. The summed E-state index contributed by atoms with van der Waals surface area (Å²) in [5, 5.41) is 0.767. The summed E-state index contributed by atoms with van der Waals surface area (Å²) in [5.74, 6) is 0.426. The average Bonchev–Trinajstić information content (AvgIpc) is 2.43. The summed E-state index contributed by atoms with van der Waals surface area (Å²) < 4.78 is 13.7. The molecule has 0 spiro atoms. The van der Waals surface area contributed by atoms with Crippen LogP contribution in [0.1, 0.15) is 25.1 Å². The summed E-state index contributed by atoms with van der Waals surface area (Å²) in [7, 11) is 0. The van der Waals surface area contributed by atoms with Gasteiger partial charge >= 0.3 is 0 Å². The van der Waals surface area contributed by atoms with Crippen molar-refractivity contribution in [1.29, 1.82) is 0 Å². The van der Waals surface area contributed by atoms with Crippen molar-refractivity contribution in [1.82, 2.24) is 4.98 Å². The maximum absolute atomic E-state index is 13.7. The molecule has 0 saturated carbocycles. The van der Waals surface area contributed by atoms with Gasteiger partial charge in [-0.3, -0.25) is 0 Å². The van der Waals surface area contributed by atoms with Crippen LogP contribution >= 0.6 is 0 Å². The van der Waals surface area contributed by atoms with E-state index in [0.717, 1.165) is 28.6 Å². The number of hydrogen-bond donors (Lipinski definition) is 1. The van der Waals surface area contributed by atoms with Crippen LogP contribution in [0.2, 0.25) is 0 Å². The van der Waals surface area contributed by atoms with Gasteiger partial charge in [0.05, 0.1) is 0 Å². The normalized spacial score (nSPS) is 11.5. The van der Waals surface area contributed by atoms with Gasteiger partial charge in [-0.25, -0.2) is 4.39 Å². The van der Waals surface area contributed by atoms with Gasteiger partial charge in [0.15, 0.2) is 0 Å². The lowest BCUT2D eigenvalue weighted by Crippen LogP contribution is -1.95. The van der Waals surface area contributed by atoms with Gasteiger partial charge < -0.3 is 4.98 Å². The second-order valence-corrected chi connectivity index (χ2v) is 4.49. The van der Waals surface area contributed by atoms with Crippen molar-refractivity contribution in [2.45, 2.75) is 27.2 Å². The van der Waals surface area contributed by atoms with Crippen LogP contribution in [0.15, 0.2) is 18.2 Å². The van der Waals surface area contributed by atoms with E-state index < -0.39 is 0 Å². The SMILES string of the molecule is Cc1[nH]c2cccc(F)c2c1CC(C)C. The van der Waals surface area contributed by atoms with Crippen LogP contribution in [-0.4, -0.2) is 4.98 Å². The highest BCUT2D eigenvalue weighted by Crippen LogP contribution is 2.26. The average molecular weight is 205 g/mol. The van der Waals surface area contributed by atoms with Gasteiger partial charge in [0.2, 0.25) is 0 Å². The Morgan fingerprint density at radius 1 is 1.33 bits per heavy atom. The number of aromatic amines is 1. The van der Waals surface area contributed by atoms with Gasteiger partial charge in [0.1, 0.15) is 5.82 Å². The molecule has 0 unspecified atom stereocenters. The molecule has 1 nitrogen and oxygen atoms in total. The summed E-state index contributed by atoms with van der Waals surface area (Å²) in [6, 6.07) is 5.20. The van der Waals surface area contributed by atoms with Crippen molar-refractivity contribution in [3.63, 3.8) is 0 Å². The van der Waals surface area contributed by atoms with E-state index in [1.165, 1.54) is 6.07 Å². The molecular formula is C13H16FN. The standard InChI is InChI=1S/C13H16FN/c1-8(2)7-10-9(3)15-12-6-4-5-11(14)13(10)12/h4-6,8,15H,7H2,1-3H3. The lowest BCUT2D eigenvalue weighted by molar-refractivity contribution is 0.628. The molecule has 0 aliphatic carbocycles. The fourth-order valence-corrected chi connectivity index (χ4v) is 2.06. The molecule has 0 bridgehead atoms. The molecule has 0 radical (unpaired) electrons. The number of hydrogen-bond acceptors (Lipinski definition) is 0. The Bertz CT molecular complexity index is 482. The van der Waals surface area contributed by atoms with Crippen LogP contribution in [0.25, 0.3) is 10.9 Å². The van der Waals surface area contributed by atoms with E-state index in [-0.39, 0.29) is 5.82 Å². The van der Waals surface area contributed by atoms with Crippen molar-refractivity contribution < 1.29 is 4.39 Å². The van der Waals surface area contributed by atoms with Crippen LogP contribution in [0, 0.1) is 18.7 Å². The second-order valence-electron chi connectivity index (χ2n) is 4.49. The summed E-state index contributed by atoms with van der Waals surface area (Å²) in [4.78, 5) is 3.23. The number of benzene rings is 1. The molecule has 0 fully saturated rings. The minimum Gasteiger partial charge on any atom is -0.358 e. The smallest absolute Gasteiger partial charge is 0.132 e. The minimum atomic E-state index is -0.118. The highest BCUT2D eigenvalue weighted by atomic mass is 19.1. The molecule has 0 aliphatic heterocycles. The van der Waals surface area contributed by atoms with E-state index in [1.54, 1.807) is 6.07 Å². The molecule has 1 heterocycles. The van der Waals surface area contributed by atoms with Gasteiger partial charge in [-0.2, -0.15) is 0 Å². The maximum atomic E-state index is 13.7. The predicted molar refractivity (Wildman–Crippen MR) is 61.5 cm³/mol. The zero-order chi connectivity index (χ0) is 11.0. The number of aryl methyl sites for hydroxylation is 1. The summed E-state index contributed by atoms with van der Waals surface area (Å²) in [5.41, 5.74) is 3.12. The van der Waals surface area contributed by atoms with Crippen LogP contribution in [0.4, 0.5) is 4.39 Å². The Hall–Kier alpha value is -1.31. The fraction of sp³-hybridized carbons (Fsp3) is 0.385. The molecule has 0 saturated heterocycles. The first-order chi connectivity index (χ1) is 7.09. The van der Waals surface area contributed by atoms with Crippen LogP contribution in [0.5, 0.6) is 0 Å². The molecule has 2 heteroatoms. The number of nitrogens with one attached hydrogen (secondary N) is 1. The molecule has 0 aliphatic rings. The summed E-state index contributed by atoms with van der Waals surface area (Å²) >= 11 is 0. The molecule has 15 heavy (non-hydrogen) atoms. The Morgan fingerprint density at radius 2 is 2.07 bits per heavy atom. The largest absolute Gasteiger partial charge is 0.358 e. The molecule has 80 valence electrons. The van der Waals surface area contributed by atoms with Crippen molar-refractivity contribution >= 4 is 10.9 Å².